The average molecular weight is 529 g/mol. The SMILES string of the molecule is COCC(C)Nc1cc(Cl)cc(C(=O)O)c1C.COCC(C)Nc1cc(Cl)cc(C(=O)OC)c1C. The first-order valence-corrected chi connectivity index (χ1v) is 11.6. The number of nitrogens with one attached hydrogen (secondary N) is 2. The number of hydrogen-bond donors (Lipinski definition) is 3. The number of halogens is 2. The van der Waals surface area contributed by atoms with Gasteiger partial charge >= 0.3 is 11.9 Å². The van der Waals surface area contributed by atoms with Gasteiger partial charge in [0, 0.05) is 47.7 Å². The van der Waals surface area contributed by atoms with Crippen molar-refractivity contribution in [3.63, 3.8) is 0 Å². The summed E-state index contributed by atoms with van der Waals surface area (Å²) in [6.45, 7) is 8.64. The second-order valence-electron chi connectivity index (χ2n) is 8.05. The van der Waals surface area contributed by atoms with Gasteiger partial charge in [0.2, 0.25) is 0 Å². The number of carbonyl (C=O) groups is 2. The molecule has 0 spiro atoms. The number of carboxylic acids is 1. The van der Waals surface area contributed by atoms with Crippen molar-refractivity contribution in [1.82, 2.24) is 0 Å². The largest absolute Gasteiger partial charge is 0.478 e. The summed E-state index contributed by atoms with van der Waals surface area (Å²) >= 11 is 11.9. The van der Waals surface area contributed by atoms with Crippen LogP contribution in [0.2, 0.25) is 10.0 Å². The topological polar surface area (TPSA) is 106 Å². The summed E-state index contributed by atoms with van der Waals surface area (Å²) in [4.78, 5) is 22.6. The van der Waals surface area contributed by atoms with Gasteiger partial charge in [0.1, 0.15) is 0 Å². The van der Waals surface area contributed by atoms with Crippen LogP contribution in [-0.4, -0.2) is 63.7 Å². The number of ether oxygens (including phenoxy) is 3. The molecule has 2 atom stereocenters. The Kier molecular flexibility index (Phi) is 12.9. The normalized spacial score (nSPS) is 12.1. The van der Waals surface area contributed by atoms with Crippen LogP contribution in [0.1, 0.15) is 45.7 Å². The lowest BCUT2D eigenvalue weighted by molar-refractivity contribution is 0.0599. The zero-order valence-corrected chi connectivity index (χ0v) is 22.6. The standard InChI is InChI=1S/C13H18ClNO3.C12H16ClNO3/c1-8(7-17-3)15-12-6-10(14)5-11(9(12)2)13(16)18-4;1-7(6-17-3)14-11-5-9(13)4-10(8(11)2)12(15)16/h5-6,8,15H,7H2,1-4H3;4-5,7,14H,6H2,1-3H3,(H,15,16). The van der Waals surface area contributed by atoms with Crippen molar-refractivity contribution in [2.75, 3.05) is 45.2 Å². The van der Waals surface area contributed by atoms with Crippen LogP contribution < -0.4 is 10.6 Å². The lowest BCUT2D eigenvalue weighted by Crippen LogP contribution is -2.22. The Morgan fingerprint density at radius 3 is 1.60 bits per heavy atom. The molecular formula is C25H34Cl2N2O6. The smallest absolute Gasteiger partial charge is 0.338 e. The maximum Gasteiger partial charge on any atom is 0.338 e. The minimum Gasteiger partial charge on any atom is -0.478 e. The van der Waals surface area contributed by atoms with Crippen LogP contribution in [-0.2, 0) is 14.2 Å². The van der Waals surface area contributed by atoms with E-state index in [1.807, 2.05) is 20.8 Å². The summed E-state index contributed by atoms with van der Waals surface area (Å²) in [7, 11) is 4.61. The van der Waals surface area contributed by atoms with Gasteiger partial charge in [-0.15, -0.1) is 0 Å². The molecule has 0 fully saturated rings. The van der Waals surface area contributed by atoms with Crippen LogP contribution in [0, 0.1) is 13.8 Å². The molecule has 2 aromatic rings. The Morgan fingerprint density at radius 1 is 0.829 bits per heavy atom. The van der Waals surface area contributed by atoms with Crippen LogP contribution in [0.4, 0.5) is 11.4 Å². The summed E-state index contributed by atoms with van der Waals surface area (Å²) < 4.78 is 14.8. The van der Waals surface area contributed by atoms with E-state index in [1.165, 1.54) is 13.2 Å². The Morgan fingerprint density at radius 2 is 1.23 bits per heavy atom. The minimum absolute atomic E-state index is 0.0822. The quantitative estimate of drug-likeness (QED) is 0.338. The van der Waals surface area contributed by atoms with Crippen LogP contribution in [0.5, 0.6) is 0 Å². The van der Waals surface area contributed by atoms with Gasteiger partial charge in [-0.2, -0.15) is 0 Å². The van der Waals surface area contributed by atoms with Gasteiger partial charge in [-0.05, 0) is 63.1 Å². The van der Waals surface area contributed by atoms with E-state index in [4.69, 9.17) is 42.5 Å². The molecule has 0 aliphatic heterocycles. The van der Waals surface area contributed by atoms with Crippen LogP contribution >= 0.6 is 23.2 Å². The van der Waals surface area contributed by atoms with Crippen molar-refractivity contribution in [2.24, 2.45) is 0 Å². The third-order valence-electron chi connectivity index (χ3n) is 5.02. The molecule has 0 saturated heterocycles. The minimum atomic E-state index is -0.979. The third-order valence-corrected chi connectivity index (χ3v) is 5.45. The Labute approximate surface area is 216 Å². The molecule has 35 heavy (non-hydrogen) atoms. The fourth-order valence-corrected chi connectivity index (χ4v) is 3.75. The molecule has 0 bridgehead atoms. The molecule has 10 heteroatoms. The van der Waals surface area contributed by atoms with E-state index in [9.17, 15) is 9.59 Å². The summed E-state index contributed by atoms with van der Waals surface area (Å²) in [6.07, 6.45) is 0. The van der Waals surface area contributed by atoms with Crippen LogP contribution in [0.3, 0.4) is 0 Å². The highest BCUT2D eigenvalue weighted by Gasteiger charge is 2.15. The molecule has 0 heterocycles. The number of hydrogen-bond acceptors (Lipinski definition) is 7. The summed E-state index contributed by atoms with van der Waals surface area (Å²) in [5.74, 6) is -1.37. The Bertz CT molecular complexity index is 1020. The van der Waals surface area contributed by atoms with Crippen LogP contribution in [0.15, 0.2) is 24.3 Å². The summed E-state index contributed by atoms with van der Waals surface area (Å²) in [5, 5.41) is 16.4. The van der Waals surface area contributed by atoms with Gasteiger partial charge < -0.3 is 30.0 Å². The number of rotatable bonds is 10. The maximum absolute atomic E-state index is 11.6. The van der Waals surface area contributed by atoms with Crippen molar-refractivity contribution < 1.29 is 28.9 Å². The monoisotopic (exact) mass is 528 g/mol. The molecule has 2 rings (SSSR count). The summed E-state index contributed by atoms with van der Waals surface area (Å²) in [5.41, 5.74) is 3.70. The number of benzene rings is 2. The van der Waals surface area contributed by atoms with Gasteiger partial charge in [0.05, 0.1) is 31.5 Å². The molecule has 2 aromatic carbocycles. The highest BCUT2D eigenvalue weighted by molar-refractivity contribution is 6.31. The molecule has 8 nitrogen and oxygen atoms in total. The molecule has 0 radical (unpaired) electrons. The second-order valence-corrected chi connectivity index (χ2v) is 8.92. The number of aromatic carboxylic acids is 1. The predicted octanol–water partition coefficient (Wildman–Crippen LogP) is 5.68. The first kappa shape index (κ1) is 30.5. The number of esters is 1. The number of carbonyl (C=O) groups excluding carboxylic acids is 1. The molecule has 3 N–H and O–H groups in total. The summed E-state index contributed by atoms with van der Waals surface area (Å²) in [6, 6.07) is 6.77. The number of carboxylic acid groups (broad SMARTS) is 1. The molecule has 0 saturated carbocycles. The molecule has 2 unspecified atom stereocenters. The van der Waals surface area contributed by atoms with Crippen molar-refractivity contribution in [2.45, 2.75) is 39.8 Å². The predicted molar refractivity (Wildman–Crippen MR) is 141 cm³/mol. The molecule has 0 amide bonds. The van der Waals surface area contributed by atoms with E-state index < -0.39 is 11.9 Å². The van der Waals surface area contributed by atoms with E-state index >= 15 is 0 Å². The second kappa shape index (κ2) is 14.8. The van der Waals surface area contributed by atoms with E-state index in [1.54, 1.807) is 39.3 Å². The first-order chi connectivity index (χ1) is 16.4. The highest BCUT2D eigenvalue weighted by atomic mass is 35.5. The van der Waals surface area contributed by atoms with Gasteiger partial charge in [-0.3, -0.25) is 0 Å². The van der Waals surface area contributed by atoms with Crippen molar-refractivity contribution in [3.8, 4) is 0 Å². The van der Waals surface area contributed by atoms with E-state index in [0.29, 0.717) is 34.4 Å². The number of anilines is 2. The number of methoxy groups -OCH3 is 3. The molecule has 0 aliphatic carbocycles. The highest BCUT2D eigenvalue weighted by Crippen LogP contribution is 2.27. The maximum atomic E-state index is 11.6. The van der Waals surface area contributed by atoms with E-state index in [-0.39, 0.29) is 17.6 Å². The van der Waals surface area contributed by atoms with Gasteiger partial charge in [0.25, 0.3) is 0 Å². The van der Waals surface area contributed by atoms with E-state index in [0.717, 1.165) is 16.9 Å². The van der Waals surface area contributed by atoms with Gasteiger partial charge in [-0.1, -0.05) is 23.2 Å². The van der Waals surface area contributed by atoms with Crippen molar-refractivity contribution in [3.05, 3.63) is 56.6 Å². The fraction of sp³-hybridized carbons (Fsp3) is 0.440. The molecule has 0 aromatic heterocycles. The zero-order valence-electron chi connectivity index (χ0n) is 21.1. The first-order valence-electron chi connectivity index (χ1n) is 10.9. The molecule has 0 aliphatic rings. The Balaban J connectivity index is 0.000000351. The molecular weight excluding hydrogens is 495 g/mol. The lowest BCUT2D eigenvalue weighted by atomic mass is 10.1. The van der Waals surface area contributed by atoms with E-state index in [2.05, 4.69) is 10.6 Å². The molecule has 194 valence electrons. The van der Waals surface area contributed by atoms with Gasteiger partial charge in [-0.25, -0.2) is 9.59 Å². The zero-order chi connectivity index (χ0) is 26.7. The van der Waals surface area contributed by atoms with Gasteiger partial charge in [0.15, 0.2) is 0 Å². The average Bonchev–Trinajstić information content (AvgIpc) is 2.78. The van der Waals surface area contributed by atoms with Crippen molar-refractivity contribution in [1.29, 1.82) is 0 Å². The van der Waals surface area contributed by atoms with Crippen LogP contribution in [0.25, 0.3) is 0 Å². The third kappa shape index (κ3) is 9.57. The lowest BCUT2D eigenvalue weighted by Gasteiger charge is -2.18. The Hall–Kier alpha value is -2.52. The fourth-order valence-electron chi connectivity index (χ4n) is 3.32. The van der Waals surface area contributed by atoms with Crippen molar-refractivity contribution >= 4 is 46.5 Å².